The van der Waals surface area contributed by atoms with E-state index < -0.39 is 6.10 Å². The van der Waals surface area contributed by atoms with Gasteiger partial charge in [0.05, 0.1) is 6.10 Å². The molecule has 2 aromatic rings. The van der Waals surface area contributed by atoms with Crippen LogP contribution in [0, 0.1) is 12.7 Å². The molecule has 0 aliphatic carbocycles. The number of halogens is 3. The third-order valence-electron chi connectivity index (χ3n) is 3.01. The van der Waals surface area contributed by atoms with E-state index in [2.05, 4.69) is 0 Å². The van der Waals surface area contributed by atoms with E-state index in [0.717, 1.165) is 5.56 Å². The van der Waals surface area contributed by atoms with Gasteiger partial charge in [-0.2, -0.15) is 0 Å². The Balaban J connectivity index is 2.28. The minimum Gasteiger partial charge on any atom is -0.388 e. The first-order valence-corrected chi connectivity index (χ1v) is 6.61. The van der Waals surface area contributed by atoms with Gasteiger partial charge >= 0.3 is 0 Å². The molecule has 0 spiro atoms. The normalized spacial score (nSPS) is 12.5. The lowest BCUT2D eigenvalue weighted by molar-refractivity contribution is 0.178. The van der Waals surface area contributed by atoms with Crippen molar-refractivity contribution in [2.75, 3.05) is 0 Å². The molecule has 0 radical (unpaired) electrons. The van der Waals surface area contributed by atoms with Crippen molar-refractivity contribution < 1.29 is 9.50 Å². The monoisotopic (exact) mass is 298 g/mol. The predicted octanol–water partition coefficient (Wildman–Crippen LogP) is 4.72. The molecule has 1 atom stereocenters. The highest BCUT2D eigenvalue weighted by atomic mass is 35.5. The zero-order valence-corrected chi connectivity index (χ0v) is 11.8. The SMILES string of the molecule is Cc1cc(C(O)Cc2ccccc2Cl)c(Cl)cc1F. The quantitative estimate of drug-likeness (QED) is 0.869. The molecule has 0 aliphatic heterocycles. The molecule has 0 aliphatic rings. The van der Waals surface area contributed by atoms with Gasteiger partial charge in [0.15, 0.2) is 0 Å². The van der Waals surface area contributed by atoms with Crippen molar-refractivity contribution >= 4 is 23.2 Å². The highest BCUT2D eigenvalue weighted by molar-refractivity contribution is 6.31. The Labute approximate surface area is 121 Å². The Kier molecular flexibility index (Phi) is 4.46. The summed E-state index contributed by atoms with van der Waals surface area (Å²) >= 11 is 12.0. The van der Waals surface area contributed by atoms with Crippen molar-refractivity contribution in [1.82, 2.24) is 0 Å². The van der Waals surface area contributed by atoms with Gasteiger partial charge in [0.1, 0.15) is 5.82 Å². The van der Waals surface area contributed by atoms with Crippen molar-refractivity contribution in [3.63, 3.8) is 0 Å². The Morgan fingerprint density at radius 2 is 1.84 bits per heavy atom. The number of aryl methyl sites for hydroxylation is 1. The van der Waals surface area contributed by atoms with Crippen LogP contribution < -0.4 is 0 Å². The van der Waals surface area contributed by atoms with Gasteiger partial charge in [0.25, 0.3) is 0 Å². The molecule has 0 saturated carbocycles. The Bertz CT molecular complexity index is 599. The minimum atomic E-state index is -0.813. The molecule has 4 heteroatoms. The van der Waals surface area contributed by atoms with E-state index in [1.54, 1.807) is 19.1 Å². The lowest BCUT2D eigenvalue weighted by atomic mass is 9.99. The molecule has 100 valence electrons. The zero-order valence-electron chi connectivity index (χ0n) is 10.3. The fourth-order valence-electron chi connectivity index (χ4n) is 1.92. The number of hydrogen-bond donors (Lipinski definition) is 1. The Morgan fingerprint density at radius 1 is 1.16 bits per heavy atom. The van der Waals surface area contributed by atoms with E-state index in [9.17, 15) is 9.50 Å². The molecule has 1 unspecified atom stereocenters. The molecule has 1 N–H and O–H groups in total. The van der Waals surface area contributed by atoms with Crippen molar-refractivity contribution in [2.45, 2.75) is 19.4 Å². The van der Waals surface area contributed by atoms with E-state index in [4.69, 9.17) is 23.2 Å². The van der Waals surface area contributed by atoms with Crippen LogP contribution in [0.5, 0.6) is 0 Å². The van der Waals surface area contributed by atoms with Gasteiger partial charge < -0.3 is 5.11 Å². The third kappa shape index (κ3) is 3.27. The van der Waals surface area contributed by atoms with Crippen LogP contribution in [0.15, 0.2) is 36.4 Å². The number of benzene rings is 2. The van der Waals surface area contributed by atoms with Crippen LogP contribution in [0.1, 0.15) is 22.8 Å². The van der Waals surface area contributed by atoms with Crippen LogP contribution >= 0.6 is 23.2 Å². The van der Waals surface area contributed by atoms with Crippen LogP contribution in [-0.4, -0.2) is 5.11 Å². The molecule has 0 fully saturated rings. The molecular formula is C15H13Cl2FO. The van der Waals surface area contributed by atoms with Gasteiger partial charge in [-0.3, -0.25) is 0 Å². The Morgan fingerprint density at radius 3 is 2.53 bits per heavy atom. The highest BCUT2D eigenvalue weighted by Crippen LogP contribution is 2.29. The first-order chi connectivity index (χ1) is 8.99. The fraction of sp³-hybridized carbons (Fsp3) is 0.200. The molecule has 2 aromatic carbocycles. The van der Waals surface area contributed by atoms with Crippen LogP contribution in [0.2, 0.25) is 10.0 Å². The van der Waals surface area contributed by atoms with Crippen LogP contribution in [0.3, 0.4) is 0 Å². The highest BCUT2D eigenvalue weighted by Gasteiger charge is 2.15. The van der Waals surface area contributed by atoms with E-state index in [0.29, 0.717) is 22.6 Å². The third-order valence-corrected chi connectivity index (χ3v) is 3.70. The van der Waals surface area contributed by atoms with Crippen molar-refractivity contribution in [2.24, 2.45) is 0 Å². The lowest BCUT2D eigenvalue weighted by Crippen LogP contribution is -2.04. The smallest absolute Gasteiger partial charge is 0.127 e. The number of aliphatic hydroxyl groups is 1. The molecule has 19 heavy (non-hydrogen) atoms. The molecule has 1 nitrogen and oxygen atoms in total. The second-order valence-electron chi connectivity index (χ2n) is 4.43. The van der Waals surface area contributed by atoms with E-state index in [-0.39, 0.29) is 10.8 Å². The van der Waals surface area contributed by atoms with Crippen molar-refractivity contribution in [1.29, 1.82) is 0 Å². The van der Waals surface area contributed by atoms with E-state index in [1.165, 1.54) is 6.07 Å². The van der Waals surface area contributed by atoms with Gasteiger partial charge in [-0.1, -0.05) is 41.4 Å². The summed E-state index contributed by atoms with van der Waals surface area (Å²) in [6.07, 6.45) is -0.475. The average Bonchev–Trinajstić information content (AvgIpc) is 2.36. The first kappa shape index (κ1) is 14.3. The van der Waals surface area contributed by atoms with Gasteiger partial charge in [0, 0.05) is 16.5 Å². The van der Waals surface area contributed by atoms with Gasteiger partial charge in [-0.05, 0) is 41.8 Å². The molecular weight excluding hydrogens is 286 g/mol. The van der Waals surface area contributed by atoms with Gasteiger partial charge in [-0.15, -0.1) is 0 Å². The second kappa shape index (κ2) is 5.91. The first-order valence-electron chi connectivity index (χ1n) is 5.86. The van der Waals surface area contributed by atoms with Crippen LogP contribution in [0.4, 0.5) is 4.39 Å². The maximum atomic E-state index is 13.3. The van der Waals surface area contributed by atoms with Crippen molar-refractivity contribution in [3.8, 4) is 0 Å². The zero-order chi connectivity index (χ0) is 14.0. The number of aliphatic hydroxyl groups excluding tert-OH is 1. The summed E-state index contributed by atoms with van der Waals surface area (Å²) in [7, 11) is 0. The predicted molar refractivity (Wildman–Crippen MR) is 76.3 cm³/mol. The van der Waals surface area contributed by atoms with Crippen molar-refractivity contribution in [3.05, 3.63) is 69.0 Å². The van der Waals surface area contributed by atoms with Gasteiger partial charge in [-0.25, -0.2) is 4.39 Å². The molecule has 0 heterocycles. The molecule has 0 aromatic heterocycles. The summed E-state index contributed by atoms with van der Waals surface area (Å²) in [5.41, 5.74) is 1.80. The van der Waals surface area contributed by atoms with E-state index in [1.807, 2.05) is 18.2 Å². The topological polar surface area (TPSA) is 20.2 Å². The standard InChI is InChI=1S/C15H13Cl2FO/c1-9-6-11(13(17)8-14(9)18)15(19)7-10-4-2-3-5-12(10)16/h2-6,8,15,19H,7H2,1H3. The summed E-state index contributed by atoms with van der Waals surface area (Å²) in [5, 5.41) is 11.0. The van der Waals surface area contributed by atoms with Gasteiger partial charge in [0.2, 0.25) is 0 Å². The fourth-order valence-corrected chi connectivity index (χ4v) is 2.41. The second-order valence-corrected chi connectivity index (χ2v) is 5.25. The maximum absolute atomic E-state index is 13.3. The summed E-state index contributed by atoms with van der Waals surface area (Å²) in [6, 6.07) is 10.1. The van der Waals surface area contributed by atoms with E-state index >= 15 is 0 Å². The molecule has 0 saturated heterocycles. The summed E-state index contributed by atoms with van der Waals surface area (Å²) in [4.78, 5) is 0. The number of rotatable bonds is 3. The molecule has 0 amide bonds. The average molecular weight is 299 g/mol. The lowest BCUT2D eigenvalue weighted by Gasteiger charge is -2.15. The molecule has 0 bridgehead atoms. The molecule has 2 rings (SSSR count). The Hall–Kier alpha value is -1.09. The maximum Gasteiger partial charge on any atom is 0.127 e. The minimum absolute atomic E-state index is 0.225. The largest absolute Gasteiger partial charge is 0.388 e. The summed E-state index contributed by atoms with van der Waals surface area (Å²) in [6.45, 7) is 1.64. The van der Waals surface area contributed by atoms with Crippen LogP contribution in [-0.2, 0) is 6.42 Å². The van der Waals surface area contributed by atoms with Crippen LogP contribution in [0.25, 0.3) is 0 Å². The summed E-state index contributed by atoms with van der Waals surface area (Å²) in [5.74, 6) is -0.376. The summed E-state index contributed by atoms with van der Waals surface area (Å²) < 4.78 is 13.3. The number of hydrogen-bond acceptors (Lipinski definition) is 1.